The average Bonchev–Trinajstić information content (AvgIpc) is 3.82. The predicted octanol–water partition coefficient (Wildman–Crippen LogP) is 12.5. The van der Waals surface area contributed by atoms with Crippen LogP contribution in [0.15, 0.2) is 195 Å². The van der Waals surface area contributed by atoms with Crippen molar-refractivity contribution >= 4 is 66.3 Å². The molecule has 10 aromatic rings. The van der Waals surface area contributed by atoms with Gasteiger partial charge in [-0.1, -0.05) is 146 Å². The molecule has 0 bridgehead atoms. The highest BCUT2D eigenvalue weighted by molar-refractivity contribution is 6.26. The fraction of sp³-hybridized carbons (Fsp3) is 0.0204. The molecule has 0 spiro atoms. The van der Waals surface area contributed by atoms with E-state index in [1.807, 2.05) is 30.3 Å². The SMILES string of the molecule is c1ccc(-c2ccc(C3N=C(c4c(-c5cccc6c5oc5ccccc56)ccc5oc6ccccc6c45)N=C(c4ccc5ccccc5c4)N3)cc2)cc1. The van der Waals surface area contributed by atoms with Crippen LogP contribution in [-0.2, 0) is 0 Å². The van der Waals surface area contributed by atoms with E-state index in [-0.39, 0.29) is 0 Å². The zero-order chi connectivity index (χ0) is 35.6. The van der Waals surface area contributed by atoms with E-state index < -0.39 is 6.17 Å². The number of para-hydroxylation sites is 3. The summed E-state index contributed by atoms with van der Waals surface area (Å²) in [6.45, 7) is 0. The van der Waals surface area contributed by atoms with Crippen molar-refractivity contribution in [2.75, 3.05) is 0 Å². The Kier molecular flexibility index (Phi) is 6.85. The van der Waals surface area contributed by atoms with Gasteiger partial charge in [0.05, 0.1) is 0 Å². The summed E-state index contributed by atoms with van der Waals surface area (Å²) in [6.07, 6.45) is -0.410. The van der Waals surface area contributed by atoms with Gasteiger partial charge in [0.25, 0.3) is 0 Å². The smallest absolute Gasteiger partial charge is 0.160 e. The van der Waals surface area contributed by atoms with Crippen LogP contribution in [0.3, 0.4) is 0 Å². The Bertz CT molecular complexity index is 3130. The molecule has 1 aliphatic rings. The van der Waals surface area contributed by atoms with E-state index in [4.69, 9.17) is 18.8 Å². The Hall–Kier alpha value is -7.24. The molecular weight excluding hydrogens is 663 g/mol. The number of hydrogen-bond acceptors (Lipinski definition) is 5. The highest BCUT2D eigenvalue weighted by Crippen LogP contribution is 2.42. The van der Waals surface area contributed by atoms with Gasteiger partial charge in [-0.3, -0.25) is 0 Å². The second-order valence-electron chi connectivity index (χ2n) is 13.7. The van der Waals surface area contributed by atoms with E-state index in [9.17, 15) is 0 Å². The molecule has 0 aliphatic carbocycles. The molecule has 3 heterocycles. The summed E-state index contributed by atoms with van der Waals surface area (Å²) in [7, 11) is 0. The first-order chi connectivity index (χ1) is 26.7. The minimum absolute atomic E-state index is 0.410. The molecule has 54 heavy (non-hydrogen) atoms. The molecule has 1 aliphatic heterocycles. The van der Waals surface area contributed by atoms with Crippen LogP contribution in [-0.4, -0.2) is 11.7 Å². The van der Waals surface area contributed by atoms with Gasteiger partial charge in [-0.15, -0.1) is 0 Å². The van der Waals surface area contributed by atoms with Crippen LogP contribution < -0.4 is 5.32 Å². The third kappa shape index (κ3) is 4.94. The maximum absolute atomic E-state index is 6.62. The lowest BCUT2D eigenvalue weighted by Crippen LogP contribution is -2.33. The number of fused-ring (bicyclic) bond motifs is 7. The Labute approximate surface area is 310 Å². The van der Waals surface area contributed by atoms with Gasteiger partial charge in [-0.25, -0.2) is 9.98 Å². The summed E-state index contributed by atoms with van der Waals surface area (Å²) in [5, 5.41) is 10.2. The zero-order valence-corrected chi connectivity index (χ0v) is 29.0. The third-order valence-electron chi connectivity index (χ3n) is 10.6. The van der Waals surface area contributed by atoms with Crippen molar-refractivity contribution in [1.29, 1.82) is 0 Å². The first kappa shape index (κ1) is 30.4. The molecule has 1 unspecified atom stereocenters. The van der Waals surface area contributed by atoms with Gasteiger partial charge < -0.3 is 14.2 Å². The maximum Gasteiger partial charge on any atom is 0.160 e. The van der Waals surface area contributed by atoms with E-state index in [0.29, 0.717) is 5.84 Å². The molecule has 5 heteroatoms. The van der Waals surface area contributed by atoms with E-state index >= 15 is 0 Å². The molecule has 8 aromatic carbocycles. The van der Waals surface area contributed by atoms with Crippen LogP contribution in [0.2, 0.25) is 0 Å². The summed E-state index contributed by atoms with van der Waals surface area (Å²) in [5.41, 5.74) is 10.5. The van der Waals surface area contributed by atoms with Gasteiger partial charge in [0.1, 0.15) is 34.3 Å². The quantitative estimate of drug-likeness (QED) is 0.195. The number of rotatable bonds is 5. The third-order valence-corrected chi connectivity index (χ3v) is 10.6. The summed E-state index contributed by atoms with van der Waals surface area (Å²) in [4.78, 5) is 10.9. The molecule has 254 valence electrons. The van der Waals surface area contributed by atoms with Crippen molar-refractivity contribution in [3.8, 4) is 22.3 Å². The summed E-state index contributed by atoms with van der Waals surface area (Å²) in [6, 6.07) is 61.0. The van der Waals surface area contributed by atoms with Gasteiger partial charge in [0.15, 0.2) is 5.84 Å². The number of nitrogens with one attached hydrogen (secondary N) is 1. The fourth-order valence-corrected chi connectivity index (χ4v) is 7.94. The molecule has 2 aromatic heterocycles. The number of amidine groups is 2. The molecule has 0 saturated carbocycles. The monoisotopic (exact) mass is 693 g/mol. The van der Waals surface area contributed by atoms with Gasteiger partial charge in [-0.2, -0.15) is 0 Å². The van der Waals surface area contributed by atoms with Crippen molar-refractivity contribution in [3.05, 3.63) is 193 Å². The predicted molar refractivity (Wildman–Crippen MR) is 221 cm³/mol. The average molecular weight is 694 g/mol. The Morgan fingerprint density at radius 1 is 0.463 bits per heavy atom. The number of nitrogens with zero attached hydrogens (tertiary/aromatic N) is 2. The summed E-state index contributed by atoms with van der Waals surface area (Å²) < 4.78 is 13.1. The molecule has 11 rings (SSSR count). The minimum Gasteiger partial charge on any atom is -0.456 e. The lowest BCUT2D eigenvalue weighted by molar-refractivity contribution is 0.667. The Morgan fingerprint density at radius 2 is 1.15 bits per heavy atom. The second kappa shape index (κ2) is 12.2. The topological polar surface area (TPSA) is 63.0 Å². The Balaban J connectivity index is 1.17. The van der Waals surface area contributed by atoms with Crippen LogP contribution in [0.25, 0.3) is 76.9 Å². The normalized spacial score (nSPS) is 14.5. The maximum atomic E-state index is 6.62. The molecule has 1 atom stereocenters. The molecule has 0 radical (unpaired) electrons. The highest BCUT2D eigenvalue weighted by Gasteiger charge is 2.27. The molecule has 0 amide bonds. The standard InChI is InChI=1S/C49H31N3O2/c1-2-11-30(12-3-1)32-21-24-33(25-22-32)47-50-48(35-26-23-31-13-4-5-14-34(31)29-35)52-49(51-47)45-37(27-28-43-44(45)40-16-7-9-20-42(40)53-43)39-18-10-17-38-36-15-6-8-19-41(36)54-46(38)39/h1-29,47H,(H,50,51,52). The molecule has 0 saturated heterocycles. The first-order valence-electron chi connectivity index (χ1n) is 18.2. The van der Waals surface area contributed by atoms with Crippen LogP contribution in [0.1, 0.15) is 22.9 Å². The molecule has 5 nitrogen and oxygen atoms in total. The van der Waals surface area contributed by atoms with E-state index in [1.54, 1.807) is 0 Å². The second-order valence-corrected chi connectivity index (χ2v) is 13.7. The van der Waals surface area contributed by atoms with Crippen molar-refractivity contribution in [2.24, 2.45) is 9.98 Å². The number of hydrogen-bond donors (Lipinski definition) is 1. The highest BCUT2D eigenvalue weighted by atomic mass is 16.3. The number of benzene rings is 8. The van der Waals surface area contributed by atoms with Gasteiger partial charge in [0.2, 0.25) is 0 Å². The summed E-state index contributed by atoms with van der Waals surface area (Å²) >= 11 is 0. The van der Waals surface area contributed by atoms with Gasteiger partial charge >= 0.3 is 0 Å². The van der Waals surface area contributed by atoms with Crippen LogP contribution in [0.5, 0.6) is 0 Å². The van der Waals surface area contributed by atoms with E-state index in [1.165, 1.54) is 10.9 Å². The largest absolute Gasteiger partial charge is 0.456 e. The van der Waals surface area contributed by atoms with Crippen molar-refractivity contribution in [3.63, 3.8) is 0 Å². The zero-order valence-electron chi connectivity index (χ0n) is 29.0. The summed E-state index contributed by atoms with van der Waals surface area (Å²) in [5.74, 6) is 1.37. The minimum atomic E-state index is -0.410. The number of aliphatic imine (C=N–C) groups is 2. The van der Waals surface area contributed by atoms with E-state index in [2.05, 4.69) is 151 Å². The fourth-order valence-electron chi connectivity index (χ4n) is 7.94. The molecule has 1 N–H and O–H groups in total. The van der Waals surface area contributed by atoms with Crippen molar-refractivity contribution in [1.82, 2.24) is 5.32 Å². The van der Waals surface area contributed by atoms with Crippen LogP contribution >= 0.6 is 0 Å². The van der Waals surface area contributed by atoms with Crippen molar-refractivity contribution in [2.45, 2.75) is 6.17 Å². The van der Waals surface area contributed by atoms with Gasteiger partial charge in [-0.05, 0) is 63.4 Å². The lowest BCUT2D eigenvalue weighted by Gasteiger charge is -2.25. The molecule has 0 fully saturated rings. The van der Waals surface area contributed by atoms with Gasteiger partial charge in [0, 0.05) is 38.2 Å². The number of furan rings is 2. The lowest BCUT2D eigenvalue weighted by atomic mass is 9.93. The van der Waals surface area contributed by atoms with Crippen LogP contribution in [0, 0.1) is 0 Å². The molecular formula is C49H31N3O2. The van der Waals surface area contributed by atoms with Crippen LogP contribution in [0.4, 0.5) is 0 Å². The first-order valence-corrected chi connectivity index (χ1v) is 18.2. The Morgan fingerprint density at radius 3 is 2.00 bits per heavy atom. The van der Waals surface area contributed by atoms with Crippen molar-refractivity contribution < 1.29 is 8.83 Å². The van der Waals surface area contributed by atoms with E-state index in [0.717, 1.165) is 88.5 Å².